The number of hydrogen-bond acceptors (Lipinski definition) is 5. The summed E-state index contributed by atoms with van der Waals surface area (Å²) in [6, 6.07) is 13.6. The predicted molar refractivity (Wildman–Crippen MR) is 109 cm³/mol. The number of nitrogens with zero attached hydrogens (tertiary/aromatic N) is 3. The van der Waals surface area contributed by atoms with Crippen molar-refractivity contribution in [2.75, 3.05) is 18.0 Å². The smallest absolute Gasteiger partial charge is 0.252 e. The van der Waals surface area contributed by atoms with Crippen molar-refractivity contribution in [2.24, 2.45) is 0 Å². The van der Waals surface area contributed by atoms with E-state index in [9.17, 15) is 4.79 Å². The number of anilines is 1. The van der Waals surface area contributed by atoms with Gasteiger partial charge in [-0.05, 0) is 42.5 Å². The fourth-order valence-electron chi connectivity index (χ4n) is 3.22. The fraction of sp³-hybridized carbons (Fsp3) is 0.250. The molecule has 0 bridgehead atoms. The number of thiophene rings is 1. The number of hydrogen-bond donors (Lipinski definition) is 1. The van der Waals surface area contributed by atoms with Crippen LogP contribution in [0.15, 0.2) is 53.2 Å². The lowest BCUT2D eigenvalue weighted by Gasteiger charge is -2.32. The molecule has 3 heterocycles. The van der Waals surface area contributed by atoms with E-state index in [1.54, 1.807) is 0 Å². The van der Waals surface area contributed by atoms with Gasteiger partial charge in [0.1, 0.15) is 0 Å². The van der Waals surface area contributed by atoms with Gasteiger partial charge in [-0.3, -0.25) is 4.79 Å². The molecule has 0 unspecified atom stereocenters. The first-order chi connectivity index (χ1) is 13.2. The molecule has 7 heteroatoms. The number of rotatable bonds is 4. The van der Waals surface area contributed by atoms with Crippen molar-refractivity contribution in [1.29, 1.82) is 0 Å². The van der Waals surface area contributed by atoms with Crippen molar-refractivity contribution in [2.45, 2.75) is 18.9 Å². The molecule has 2 aromatic heterocycles. The molecule has 138 valence electrons. The Bertz CT molecular complexity index is 906. The van der Waals surface area contributed by atoms with E-state index in [4.69, 9.17) is 11.6 Å². The van der Waals surface area contributed by atoms with Crippen LogP contribution < -0.4 is 10.2 Å². The third-order valence-electron chi connectivity index (χ3n) is 4.74. The summed E-state index contributed by atoms with van der Waals surface area (Å²) in [6.45, 7) is 1.68. The van der Waals surface area contributed by atoms with Crippen LogP contribution in [0, 0.1) is 0 Å². The monoisotopic (exact) mass is 398 g/mol. The summed E-state index contributed by atoms with van der Waals surface area (Å²) in [5.41, 5.74) is 2.39. The largest absolute Gasteiger partial charge is 0.355 e. The molecule has 1 amide bonds. The minimum absolute atomic E-state index is 0.0126. The molecule has 0 radical (unpaired) electrons. The molecular formula is C20H19ClN4OS. The van der Waals surface area contributed by atoms with Crippen LogP contribution >= 0.6 is 22.9 Å². The van der Waals surface area contributed by atoms with E-state index in [2.05, 4.69) is 20.4 Å². The number of nitrogens with one attached hydrogen (secondary N) is 1. The van der Waals surface area contributed by atoms with Crippen LogP contribution in [-0.2, 0) is 0 Å². The van der Waals surface area contributed by atoms with E-state index in [-0.39, 0.29) is 11.9 Å². The van der Waals surface area contributed by atoms with Gasteiger partial charge in [0, 0.05) is 35.6 Å². The normalized spacial score (nSPS) is 14.9. The van der Waals surface area contributed by atoms with Gasteiger partial charge in [-0.15, -0.1) is 10.2 Å². The molecule has 27 heavy (non-hydrogen) atoms. The van der Waals surface area contributed by atoms with E-state index < -0.39 is 0 Å². The average molecular weight is 399 g/mol. The minimum atomic E-state index is 0.0126. The maximum atomic E-state index is 12.2. The van der Waals surface area contributed by atoms with Crippen LogP contribution in [0.5, 0.6) is 0 Å². The zero-order valence-corrected chi connectivity index (χ0v) is 16.2. The van der Waals surface area contributed by atoms with Crippen molar-refractivity contribution >= 4 is 34.7 Å². The summed E-state index contributed by atoms with van der Waals surface area (Å²) < 4.78 is 0. The summed E-state index contributed by atoms with van der Waals surface area (Å²) in [7, 11) is 0. The van der Waals surface area contributed by atoms with Gasteiger partial charge < -0.3 is 10.2 Å². The molecule has 0 saturated carbocycles. The van der Waals surface area contributed by atoms with Crippen LogP contribution in [0.4, 0.5) is 5.82 Å². The second kappa shape index (κ2) is 8.06. The van der Waals surface area contributed by atoms with Crippen molar-refractivity contribution in [3.63, 3.8) is 0 Å². The molecule has 1 N–H and O–H groups in total. The van der Waals surface area contributed by atoms with Crippen LogP contribution in [0.2, 0.25) is 5.02 Å². The summed E-state index contributed by atoms with van der Waals surface area (Å²) in [6.07, 6.45) is 1.79. The van der Waals surface area contributed by atoms with Gasteiger partial charge in [0.15, 0.2) is 5.82 Å². The van der Waals surface area contributed by atoms with Gasteiger partial charge in [0.25, 0.3) is 5.91 Å². The van der Waals surface area contributed by atoms with Gasteiger partial charge in [-0.2, -0.15) is 11.3 Å². The topological polar surface area (TPSA) is 58.1 Å². The molecule has 1 fully saturated rings. The molecule has 1 saturated heterocycles. The Morgan fingerprint density at radius 2 is 1.93 bits per heavy atom. The van der Waals surface area contributed by atoms with Gasteiger partial charge >= 0.3 is 0 Å². The standard InChI is InChI=1S/C20H19ClN4OS/c21-17-4-2-1-3-16(17)18-5-6-19(24-23-18)25-10-7-15(8-11-25)22-20(26)14-9-12-27-13-14/h1-6,9,12-13,15H,7-8,10-11H2,(H,22,26). The average Bonchev–Trinajstić information content (AvgIpc) is 3.24. The van der Waals surface area contributed by atoms with Gasteiger partial charge in [-0.1, -0.05) is 29.8 Å². The molecule has 0 aliphatic carbocycles. The Balaban J connectivity index is 1.36. The summed E-state index contributed by atoms with van der Waals surface area (Å²) in [4.78, 5) is 14.4. The highest BCUT2D eigenvalue weighted by atomic mass is 35.5. The molecule has 5 nitrogen and oxygen atoms in total. The summed E-state index contributed by atoms with van der Waals surface area (Å²) >= 11 is 7.77. The highest BCUT2D eigenvalue weighted by Gasteiger charge is 2.22. The van der Waals surface area contributed by atoms with E-state index in [0.29, 0.717) is 5.02 Å². The quantitative estimate of drug-likeness (QED) is 0.713. The molecule has 0 atom stereocenters. The highest BCUT2D eigenvalue weighted by molar-refractivity contribution is 7.08. The van der Waals surface area contributed by atoms with Crippen LogP contribution in [-0.4, -0.2) is 35.2 Å². The Morgan fingerprint density at radius 3 is 2.59 bits per heavy atom. The van der Waals surface area contributed by atoms with E-state index in [0.717, 1.165) is 48.6 Å². The lowest BCUT2D eigenvalue weighted by Crippen LogP contribution is -2.44. The second-order valence-electron chi connectivity index (χ2n) is 6.50. The molecule has 1 aliphatic rings. The van der Waals surface area contributed by atoms with Crippen molar-refractivity contribution in [3.05, 3.63) is 63.8 Å². The van der Waals surface area contributed by atoms with Crippen molar-refractivity contribution < 1.29 is 4.79 Å². The second-order valence-corrected chi connectivity index (χ2v) is 7.69. The number of carbonyl (C=O) groups is 1. The summed E-state index contributed by atoms with van der Waals surface area (Å²) in [5.74, 6) is 0.868. The Labute approximate surface area is 167 Å². The van der Waals surface area contributed by atoms with Crippen molar-refractivity contribution in [1.82, 2.24) is 15.5 Å². The third kappa shape index (κ3) is 4.12. The zero-order valence-electron chi connectivity index (χ0n) is 14.6. The van der Waals surface area contributed by atoms with Gasteiger partial charge in [-0.25, -0.2) is 0 Å². The highest BCUT2D eigenvalue weighted by Crippen LogP contribution is 2.26. The molecule has 4 rings (SSSR count). The SMILES string of the molecule is O=C(NC1CCN(c2ccc(-c3ccccc3Cl)nn2)CC1)c1ccsc1. The van der Waals surface area contributed by atoms with Crippen LogP contribution in [0.3, 0.4) is 0 Å². The lowest BCUT2D eigenvalue weighted by atomic mass is 10.0. The number of aromatic nitrogens is 2. The number of benzene rings is 1. The van der Waals surface area contributed by atoms with Gasteiger partial charge in [0.05, 0.1) is 10.7 Å². The Kier molecular flexibility index (Phi) is 5.36. The predicted octanol–water partition coefficient (Wildman–Crippen LogP) is 4.26. The molecule has 3 aromatic rings. The number of halogens is 1. The van der Waals surface area contributed by atoms with Crippen LogP contribution in [0.25, 0.3) is 11.3 Å². The van der Waals surface area contributed by atoms with E-state index in [1.165, 1.54) is 11.3 Å². The summed E-state index contributed by atoms with van der Waals surface area (Å²) in [5, 5.41) is 16.3. The molecule has 0 spiro atoms. The van der Waals surface area contributed by atoms with Gasteiger partial charge in [0.2, 0.25) is 0 Å². The maximum absolute atomic E-state index is 12.2. The third-order valence-corrected chi connectivity index (χ3v) is 5.75. The lowest BCUT2D eigenvalue weighted by molar-refractivity contribution is 0.0931. The fourth-order valence-corrected chi connectivity index (χ4v) is 4.09. The van der Waals surface area contributed by atoms with E-state index >= 15 is 0 Å². The first-order valence-electron chi connectivity index (χ1n) is 8.87. The zero-order chi connectivity index (χ0) is 18.6. The van der Waals surface area contributed by atoms with Crippen molar-refractivity contribution in [3.8, 4) is 11.3 Å². The first kappa shape index (κ1) is 17.9. The number of piperidine rings is 1. The molecule has 1 aromatic carbocycles. The van der Waals surface area contributed by atoms with E-state index in [1.807, 2.05) is 53.2 Å². The Hall–Kier alpha value is -2.44. The maximum Gasteiger partial charge on any atom is 0.252 e. The number of carbonyl (C=O) groups excluding carboxylic acids is 1. The first-order valence-corrected chi connectivity index (χ1v) is 10.2. The minimum Gasteiger partial charge on any atom is -0.355 e. The Morgan fingerprint density at radius 1 is 1.11 bits per heavy atom. The molecule has 1 aliphatic heterocycles. The number of amides is 1. The molecular weight excluding hydrogens is 380 g/mol. The van der Waals surface area contributed by atoms with Crippen LogP contribution in [0.1, 0.15) is 23.2 Å².